The maximum absolute atomic E-state index is 13.0. The number of anilines is 1. The minimum absolute atomic E-state index is 0.0258. The molecule has 3 heterocycles. The van der Waals surface area contributed by atoms with Gasteiger partial charge in [-0.3, -0.25) is 14.6 Å². The van der Waals surface area contributed by atoms with E-state index in [-0.39, 0.29) is 24.6 Å². The van der Waals surface area contributed by atoms with Crippen molar-refractivity contribution >= 4 is 35.8 Å². The van der Waals surface area contributed by atoms with Crippen LogP contribution in [0.15, 0.2) is 30.7 Å². The van der Waals surface area contributed by atoms with Gasteiger partial charge in [0.25, 0.3) is 0 Å². The topological polar surface area (TPSA) is 109 Å². The first-order valence-corrected chi connectivity index (χ1v) is 8.77. The number of hydrogen-bond donors (Lipinski definition) is 0. The second kappa shape index (κ2) is 8.61. The van der Waals surface area contributed by atoms with Gasteiger partial charge in [-0.2, -0.15) is 0 Å². The monoisotopic (exact) mass is 404 g/mol. The molecule has 0 aromatic carbocycles. The van der Waals surface area contributed by atoms with E-state index in [1.807, 2.05) is 0 Å². The number of hydrogen-bond acceptors (Lipinski definition) is 7. The van der Waals surface area contributed by atoms with Crippen LogP contribution in [0.2, 0.25) is 5.02 Å². The molecule has 2 aromatic rings. The van der Waals surface area contributed by atoms with Gasteiger partial charge in [-0.05, 0) is 19.1 Å². The first-order chi connectivity index (χ1) is 13.5. The molecule has 0 N–H and O–H groups in total. The van der Waals surface area contributed by atoms with Gasteiger partial charge in [0.05, 0.1) is 10.7 Å². The number of carbonyl (C=O) groups excluding carboxylic acids is 3. The van der Waals surface area contributed by atoms with Crippen LogP contribution in [0, 0.1) is 6.92 Å². The number of aromatic nitrogens is 3. The second-order valence-electron chi connectivity index (χ2n) is 5.91. The quantitative estimate of drug-likeness (QED) is 0.560. The number of rotatable bonds is 3. The molecule has 1 saturated heterocycles. The highest BCUT2D eigenvalue weighted by atomic mass is 35.5. The van der Waals surface area contributed by atoms with E-state index in [0.717, 1.165) is 11.5 Å². The number of pyridine rings is 1. The molecule has 28 heavy (non-hydrogen) atoms. The van der Waals surface area contributed by atoms with Crippen molar-refractivity contribution in [1.29, 1.82) is 0 Å². The van der Waals surface area contributed by atoms with Gasteiger partial charge in [0, 0.05) is 44.8 Å². The molecule has 0 spiro atoms. The molecule has 0 atom stereocenters. The van der Waals surface area contributed by atoms with Crippen LogP contribution >= 0.6 is 11.6 Å². The van der Waals surface area contributed by atoms with Crippen molar-refractivity contribution in [2.45, 2.75) is 6.92 Å². The van der Waals surface area contributed by atoms with Crippen LogP contribution < -0.4 is 5.06 Å². The van der Waals surface area contributed by atoms with Gasteiger partial charge in [-0.1, -0.05) is 11.6 Å². The summed E-state index contributed by atoms with van der Waals surface area (Å²) in [4.78, 5) is 56.8. The Kier molecular flexibility index (Phi) is 5.99. The van der Waals surface area contributed by atoms with E-state index >= 15 is 0 Å². The van der Waals surface area contributed by atoms with Crippen LogP contribution in [-0.4, -0.2) is 69.3 Å². The minimum atomic E-state index is -0.739. The molecule has 2 aromatic heterocycles. The molecule has 0 aliphatic carbocycles. The molecule has 1 aliphatic rings. The van der Waals surface area contributed by atoms with Crippen molar-refractivity contribution in [2.75, 3.05) is 31.2 Å². The fourth-order valence-electron chi connectivity index (χ4n) is 2.54. The van der Waals surface area contributed by atoms with Crippen molar-refractivity contribution < 1.29 is 19.2 Å². The lowest BCUT2D eigenvalue weighted by molar-refractivity contribution is -0.119. The summed E-state index contributed by atoms with van der Waals surface area (Å²) in [6.07, 6.45) is 4.14. The summed E-state index contributed by atoms with van der Waals surface area (Å²) in [7, 11) is 0. The summed E-state index contributed by atoms with van der Waals surface area (Å²) >= 11 is 5.86. The summed E-state index contributed by atoms with van der Waals surface area (Å²) in [5, 5.41) is 1.13. The maximum Gasteiger partial charge on any atom is 0.434 e. The fraction of sp³-hybridized carbons (Fsp3) is 0.294. The van der Waals surface area contributed by atoms with Crippen LogP contribution in [0.25, 0.3) is 0 Å². The van der Waals surface area contributed by atoms with Crippen molar-refractivity contribution in [2.24, 2.45) is 0 Å². The molecular formula is C17H17ClN6O4. The zero-order chi connectivity index (χ0) is 20.1. The largest absolute Gasteiger partial charge is 0.434 e. The number of aryl methyl sites for hydroxylation is 1. The molecular weight excluding hydrogens is 388 g/mol. The van der Waals surface area contributed by atoms with Crippen LogP contribution in [0.5, 0.6) is 0 Å². The molecule has 1 aliphatic heterocycles. The average Bonchev–Trinajstić information content (AvgIpc) is 2.72. The van der Waals surface area contributed by atoms with Crippen molar-refractivity contribution in [3.05, 3.63) is 47.1 Å². The number of amides is 3. The normalized spacial score (nSPS) is 13.8. The molecule has 0 saturated carbocycles. The molecule has 0 bridgehead atoms. The third-order valence-corrected chi connectivity index (χ3v) is 4.30. The third kappa shape index (κ3) is 4.34. The van der Waals surface area contributed by atoms with E-state index in [1.165, 1.54) is 35.6 Å². The highest BCUT2D eigenvalue weighted by Crippen LogP contribution is 2.19. The van der Waals surface area contributed by atoms with Gasteiger partial charge < -0.3 is 14.6 Å². The number of nitrogens with zero attached hydrogens (tertiary/aromatic N) is 6. The van der Waals surface area contributed by atoms with E-state index in [4.69, 9.17) is 16.4 Å². The Morgan fingerprint density at radius 3 is 2.46 bits per heavy atom. The first kappa shape index (κ1) is 19.5. The van der Waals surface area contributed by atoms with E-state index < -0.39 is 12.0 Å². The highest BCUT2D eigenvalue weighted by molar-refractivity contribution is 6.30. The lowest BCUT2D eigenvalue weighted by atomic mass is 10.3. The number of hydroxylamine groups is 1. The standard InChI is InChI=1S/C17H17ClN6O4/c1-12-15(20-5-4-19-12)16(26)24(14-3-2-13(18)10-21-14)28-17(27)23-8-6-22(11-25)7-9-23/h2-5,10-11H,6-9H2,1H3. The fourth-order valence-corrected chi connectivity index (χ4v) is 2.65. The van der Waals surface area contributed by atoms with Crippen LogP contribution in [0.4, 0.5) is 10.6 Å². The molecule has 10 nitrogen and oxygen atoms in total. The lowest BCUT2D eigenvalue weighted by Crippen LogP contribution is -2.50. The van der Waals surface area contributed by atoms with E-state index in [1.54, 1.807) is 11.8 Å². The zero-order valence-corrected chi connectivity index (χ0v) is 15.7. The number of carbonyl (C=O) groups is 3. The molecule has 3 amide bonds. The Hall–Kier alpha value is -3.27. The maximum atomic E-state index is 13.0. The Balaban J connectivity index is 1.83. The predicted octanol–water partition coefficient (Wildman–Crippen LogP) is 1.31. The molecule has 11 heteroatoms. The Morgan fingerprint density at radius 2 is 1.86 bits per heavy atom. The predicted molar refractivity (Wildman–Crippen MR) is 98.5 cm³/mol. The molecule has 0 unspecified atom stereocenters. The van der Waals surface area contributed by atoms with E-state index in [0.29, 0.717) is 23.8 Å². The van der Waals surface area contributed by atoms with Crippen molar-refractivity contribution in [3.8, 4) is 0 Å². The second-order valence-corrected chi connectivity index (χ2v) is 6.35. The molecule has 3 rings (SSSR count). The summed E-state index contributed by atoms with van der Waals surface area (Å²) in [6, 6.07) is 2.97. The SMILES string of the molecule is Cc1nccnc1C(=O)N(OC(=O)N1CCN(C=O)CC1)c1ccc(Cl)cn1. The average molecular weight is 405 g/mol. The van der Waals surface area contributed by atoms with Gasteiger partial charge in [0.2, 0.25) is 6.41 Å². The summed E-state index contributed by atoms with van der Waals surface area (Å²) in [5.41, 5.74) is 0.403. The number of piperazine rings is 1. The highest BCUT2D eigenvalue weighted by Gasteiger charge is 2.30. The molecule has 1 fully saturated rings. The van der Waals surface area contributed by atoms with Crippen molar-refractivity contribution in [1.82, 2.24) is 24.8 Å². The molecule has 0 radical (unpaired) electrons. The Labute approximate surface area is 165 Å². The molecule has 146 valence electrons. The van der Waals surface area contributed by atoms with Crippen LogP contribution in [0.1, 0.15) is 16.2 Å². The van der Waals surface area contributed by atoms with Crippen LogP contribution in [-0.2, 0) is 9.63 Å². The Bertz CT molecular complexity index is 870. The van der Waals surface area contributed by atoms with Crippen LogP contribution in [0.3, 0.4) is 0 Å². The zero-order valence-electron chi connectivity index (χ0n) is 15.0. The van der Waals surface area contributed by atoms with E-state index in [9.17, 15) is 14.4 Å². The third-order valence-electron chi connectivity index (χ3n) is 4.08. The minimum Gasteiger partial charge on any atom is -0.342 e. The van der Waals surface area contributed by atoms with Gasteiger partial charge in [-0.15, -0.1) is 5.06 Å². The van der Waals surface area contributed by atoms with Gasteiger partial charge >= 0.3 is 12.0 Å². The van der Waals surface area contributed by atoms with Gasteiger partial charge in [0.15, 0.2) is 11.5 Å². The smallest absolute Gasteiger partial charge is 0.342 e. The summed E-state index contributed by atoms with van der Waals surface area (Å²) < 4.78 is 0. The first-order valence-electron chi connectivity index (χ1n) is 8.39. The van der Waals surface area contributed by atoms with Gasteiger partial charge in [0.1, 0.15) is 0 Å². The Morgan fingerprint density at radius 1 is 1.14 bits per heavy atom. The van der Waals surface area contributed by atoms with Gasteiger partial charge in [-0.25, -0.2) is 14.8 Å². The summed E-state index contributed by atoms with van der Waals surface area (Å²) in [5.74, 6) is -0.625. The van der Waals surface area contributed by atoms with E-state index in [2.05, 4.69) is 15.0 Å². The van der Waals surface area contributed by atoms with Crippen molar-refractivity contribution in [3.63, 3.8) is 0 Å². The summed E-state index contributed by atoms with van der Waals surface area (Å²) in [6.45, 7) is 2.97. The lowest BCUT2D eigenvalue weighted by Gasteiger charge is -2.32. The number of halogens is 1.